The lowest BCUT2D eigenvalue weighted by molar-refractivity contribution is -0.114. The van der Waals surface area contributed by atoms with Gasteiger partial charge in [0.05, 0.1) is 26.4 Å². The summed E-state index contributed by atoms with van der Waals surface area (Å²) in [5.74, 6) is 1.44. The molecule has 14 heteroatoms. The molecule has 4 aliphatic rings. The first-order chi connectivity index (χ1) is 27.6. The maximum Gasteiger partial charge on any atom is 0.351 e. The van der Waals surface area contributed by atoms with Crippen molar-refractivity contribution in [3.05, 3.63) is 118 Å². The Bertz CT molecular complexity index is 2020. The van der Waals surface area contributed by atoms with Crippen LogP contribution in [0.4, 0.5) is 10.2 Å². The monoisotopic (exact) mass is 800 g/mol. The number of hydrogen-bond acceptors (Lipinski definition) is 10. The lowest BCUT2D eigenvalue weighted by atomic mass is 9.80. The molecule has 3 aromatic carbocycles. The fourth-order valence-corrected chi connectivity index (χ4v) is 11.4. The highest BCUT2D eigenvalue weighted by atomic mass is 31.2. The van der Waals surface area contributed by atoms with E-state index in [-0.39, 0.29) is 24.4 Å². The van der Waals surface area contributed by atoms with E-state index in [2.05, 4.69) is 21.9 Å². The van der Waals surface area contributed by atoms with Gasteiger partial charge in [-0.05, 0) is 85.5 Å². The molecule has 0 unspecified atom stereocenters. The van der Waals surface area contributed by atoms with Crippen LogP contribution in [-0.2, 0) is 28.9 Å². The average molecular weight is 801 g/mol. The number of hydrogen-bond donors (Lipinski definition) is 1. The standard InChI is InChI=1S/C43H50FN4O8P/c1-28(49)45-37-24-26-47(41(50)46-37)40-38(44)39(55-57-48-25-10-15-36(48)42(2,56-57)29-11-8-9-12-29)35(54-40)27-53-43(30-13-6-5-7-14-30,31-16-20-33(51-3)21-17-31)32-18-22-34(52-4)23-19-32/h5-7,13-14,16-24,26,29,35-36,38-40H,8-12,15,25,27H2,1-4H3,(H,45,46,49,50)/t35-,36+,38-,39-,40-,42-,57-/m1/s1. The molecule has 3 saturated heterocycles. The maximum atomic E-state index is 17.3. The molecule has 1 N–H and O–H groups in total. The van der Waals surface area contributed by atoms with Gasteiger partial charge in [-0.15, -0.1) is 0 Å². The number of carbonyl (C=O) groups is 1. The molecule has 1 aliphatic carbocycles. The SMILES string of the molecule is COc1ccc(C(OC[C@H]2O[C@@H](n3ccc(NC(C)=O)nc3=O)[C@H](F)[C@@H]2O[P@]2O[C@](C)(C3CCCC3)[C@@H]3CCCN32)(c2ccccc2)c2ccc(OC)cc2)cc1. The lowest BCUT2D eigenvalue weighted by Gasteiger charge is -2.37. The Morgan fingerprint density at radius 3 is 2.16 bits per heavy atom. The second kappa shape index (κ2) is 16.6. The molecule has 7 atom stereocenters. The van der Waals surface area contributed by atoms with Gasteiger partial charge in [0, 0.05) is 25.7 Å². The number of alkyl halides is 1. The number of ether oxygens (including phenoxy) is 4. The van der Waals surface area contributed by atoms with Crippen LogP contribution in [0.5, 0.6) is 11.5 Å². The Morgan fingerprint density at radius 1 is 0.930 bits per heavy atom. The first-order valence-corrected chi connectivity index (χ1v) is 20.8. The van der Waals surface area contributed by atoms with Crippen molar-refractivity contribution in [2.24, 2.45) is 5.92 Å². The molecule has 1 aromatic heterocycles. The van der Waals surface area contributed by atoms with Crippen LogP contribution >= 0.6 is 8.53 Å². The van der Waals surface area contributed by atoms with E-state index in [0.717, 1.165) is 53.5 Å². The van der Waals surface area contributed by atoms with Crippen molar-refractivity contribution in [1.82, 2.24) is 14.2 Å². The van der Waals surface area contributed by atoms with Crippen LogP contribution in [0.1, 0.15) is 75.3 Å². The van der Waals surface area contributed by atoms with Crippen molar-refractivity contribution < 1.29 is 37.2 Å². The normalized spacial score (nSPS) is 27.7. The smallest absolute Gasteiger partial charge is 0.351 e. The molecule has 12 nitrogen and oxygen atoms in total. The number of anilines is 1. The predicted octanol–water partition coefficient (Wildman–Crippen LogP) is 7.52. The third-order valence-electron chi connectivity index (χ3n) is 12.1. The Morgan fingerprint density at radius 2 is 1.56 bits per heavy atom. The number of methoxy groups -OCH3 is 2. The summed E-state index contributed by atoms with van der Waals surface area (Å²) in [6.45, 7) is 4.19. The van der Waals surface area contributed by atoms with E-state index >= 15 is 4.39 Å². The van der Waals surface area contributed by atoms with Gasteiger partial charge in [0.15, 0.2) is 12.4 Å². The molecular weight excluding hydrogens is 750 g/mol. The van der Waals surface area contributed by atoms with Gasteiger partial charge in [0.1, 0.15) is 35.1 Å². The Balaban J connectivity index is 1.18. The van der Waals surface area contributed by atoms with E-state index in [1.165, 1.54) is 32.0 Å². The molecular formula is C43H50FN4O8P. The minimum absolute atomic E-state index is 0.0607. The van der Waals surface area contributed by atoms with E-state index in [1.54, 1.807) is 14.2 Å². The first-order valence-electron chi connectivity index (χ1n) is 19.7. The summed E-state index contributed by atoms with van der Waals surface area (Å²) in [6, 6.07) is 26.8. The molecule has 0 spiro atoms. The number of halogens is 1. The van der Waals surface area contributed by atoms with Crippen LogP contribution in [-0.4, -0.2) is 77.5 Å². The number of benzene rings is 3. The van der Waals surface area contributed by atoms with E-state index in [4.69, 9.17) is 28.0 Å². The molecule has 57 heavy (non-hydrogen) atoms. The average Bonchev–Trinajstić information content (AvgIpc) is 4.04. The molecule has 3 aliphatic heterocycles. The van der Waals surface area contributed by atoms with E-state index < -0.39 is 50.0 Å². The van der Waals surface area contributed by atoms with Gasteiger partial charge in [0.25, 0.3) is 8.53 Å². The summed E-state index contributed by atoms with van der Waals surface area (Å²) in [7, 11) is 1.57. The molecule has 302 valence electrons. The van der Waals surface area contributed by atoms with Gasteiger partial charge >= 0.3 is 5.69 Å². The molecule has 1 amide bonds. The second-order valence-corrected chi connectivity index (χ2v) is 16.8. The maximum absolute atomic E-state index is 17.3. The van der Waals surface area contributed by atoms with Gasteiger partial charge in [-0.2, -0.15) is 4.98 Å². The molecule has 0 bridgehead atoms. The number of amides is 1. The molecule has 4 aromatic rings. The summed E-state index contributed by atoms with van der Waals surface area (Å²) in [5.41, 5.74) is 0.0311. The molecule has 4 heterocycles. The van der Waals surface area contributed by atoms with Gasteiger partial charge in [-0.3, -0.25) is 9.36 Å². The third kappa shape index (κ3) is 7.50. The molecule has 4 fully saturated rings. The van der Waals surface area contributed by atoms with Crippen molar-refractivity contribution in [3.8, 4) is 11.5 Å². The van der Waals surface area contributed by atoms with Crippen molar-refractivity contribution >= 4 is 20.3 Å². The Kier molecular flexibility index (Phi) is 11.5. The quantitative estimate of drug-likeness (QED) is 0.107. The minimum atomic E-state index is -1.80. The highest BCUT2D eigenvalue weighted by Gasteiger charge is 2.60. The van der Waals surface area contributed by atoms with Gasteiger partial charge in [-0.25, -0.2) is 13.9 Å². The highest BCUT2D eigenvalue weighted by Crippen LogP contribution is 2.64. The number of rotatable bonds is 13. The Hall–Kier alpha value is -4.23. The fraction of sp³-hybridized carbons (Fsp3) is 0.465. The molecule has 1 saturated carbocycles. The summed E-state index contributed by atoms with van der Waals surface area (Å²) >= 11 is 0. The van der Waals surface area contributed by atoms with Gasteiger partial charge in [0.2, 0.25) is 5.91 Å². The number of nitrogens with one attached hydrogen (secondary N) is 1. The van der Waals surface area contributed by atoms with Crippen LogP contribution < -0.4 is 20.5 Å². The van der Waals surface area contributed by atoms with E-state index in [1.807, 2.05) is 78.9 Å². The predicted molar refractivity (Wildman–Crippen MR) is 213 cm³/mol. The van der Waals surface area contributed by atoms with Crippen molar-refractivity contribution in [3.63, 3.8) is 0 Å². The summed E-state index contributed by atoms with van der Waals surface area (Å²) < 4.78 is 59.2. The third-order valence-corrected chi connectivity index (χ3v) is 13.9. The van der Waals surface area contributed by atoms with Crippen LogP contribution in [0.15, 0.2) is 95.9 Å². The number of fused-ring (bicyclic) bond motifs is 1. The fourth-order valence-electron chi connectivity index (χ4n) is 9.16. The highest BCUT2D eigenvalue weighted by molar-refractivity contribution is 7.45. The van der Waals surface area contributed by atoms with Crippen LogP contribution in [0, 0.1) is 5.92 Å². The van der Waals surface area contributed by atoms with Crippen LogP contribution in [0.2, 0.25) is 0 Å². The summed E-state index contributed by atoms with van der Waals surface area (Å²) in [5, 5.41) is 2.51. The second-order valence-electron chi connectivity index (χ2n) is 15.4. The van der Waals surface area contributed by atoms with E-state index in [0.29, 0.717) is 17.4 Å². The molecule has 0 radical (unpaired) electrons. The topological polar surface area (TPSA) is 123 Å². The summed E-state index contributed by atoms with van der Waals surface area (Å²) in [4.78, 5) is 29.1. The Labute approximate surface area is 333 Å². The summed E-state index contributed by atoms with van der Waals surface area (Å²) in [6.07, 6.45) is 2.59. The lowest BCUT2D eigenvalue weighted by Crippen LogP contribution is -2.44. The zero-order valence-electron chi connectivity index (χ0n) is 32.7. The number of carbonyl (C=O) groups excluding carboxylic acids is 1. The minimum Gasteiger partial charge on any atom is -0.497 e. The number of nitrogens with zero attached hydrogens (tertiary/aromatic N) is 3. The van der Waals surface area contributed by atoms with Crippen LogP contribution in [0.25, 0.3) is 0 Å². The molecule has 8 rings (SSSR count). The largest absolute Gasteiger partial charge is 0.497 e. The van der Waals surface area contributed by atoms with Gasteiger partial charge < -0.3 is 33.3 Å². The van der Waals surface area contributed by atoms with Gasteiger partial charge in [-0.1, -0.05) is 67.4 Å². The zero-order chi connectivity index (χ0) is 39.7. The van der Waals surface area contributed by atoms with Crippen molar-refractivity contribution in [2.75, 3.05) is 32.7 Å². The van der Waals surface area contributed by atoms with Crippen molar-refractivity contribution in [1.29, 1.82) is 0 Å². The van der Waals surface area contributed by atoms with Crippen LogP contribution in [0.3, 0.4) is 0 Å². The van der Waals surface area contributed by atoms with Crippen molar-refractivity contribution in [2.45, 2.75) is 94.2 Å². The zero-order valence-corrected chi connectivity index (χ0v) is 33.6. The number of aromatic nitrogens is 2. The van der Waals surface area contributed by atoms with E-state index in [9.17, 15) is 9.59 Å². The first kappa shape index (κ1) is 39.6.